The molecule has 0 aromatic carbocycles. The molecule has 0 bridgehead atoms. The van der Waals surface area contributed by atoms with Gasteiger partial charge < -0.3 is 10.7 Å². The van der Waals surface area contributed by atoms with Crippen LogP contribution in [0.3, 0.4) is 0 Å². The van der Waals surface area contributed by atoms with E-state index in [1.54, 1.807) is 6.20 Å². The molecule has 0 saturated heterocycles. The second-order valence-corrected chi connectivity index (χ2v) is 4.99. The minimum absolute atomic E-state index is 0.297. The maximum Gasteiger partial charge on any atom is 0.179 e. The molecule has 0 unspecified atom stereocenters. The molecule has 4 rings (SSSR count). The minimum atomic E-state index is 0.297. The number of H-pyrrole nitrogens is 1. The SMILES string of the molecule is N[C@@H]1CC[C@H](c2nnc3cnc4[nH]ccc4n23)C1. The Hall–Kier alpha value is -1.95. The summed E-state index contributed by atoms with van der Waals surface area (Å²) in [6, 6.07) is 2.31. The quantitative estimate of drug-likeness (QED) is 0.671. The van der Waals surface area contributed by atoms with Gasteiger partial charge >= 0.3 is 0 Å². The molecule has 2 atom stereocenters. The van der Waals surface area contributed by atoms with Gasteiger partial charge in [0.15, 0.2) is 11.3 Å². The molecular formula is C12H14N6. The van der Waals surface area contributed by atoms with Gasteiger partial charge in [-0.25, -0.2) is 4.98 Å². The lowest BCUT2D eigenvalue weighted by Gasteiger charge is -2.07. The predicted molar refractivity (Wildman–Crippen MR) is 67.2 cm³/mol. The maximum absolute atomic E-state index is 5.99. The minimum Gasteiger partial charge on any atom is -0.345 e. The van der Waals surface area contributed by atoms with Crippen LogP contribution in [0.5, 0.6) is 0 Å². The van der Waals surface area contributed by atoms with Crippen molar-refractivity contribution in [2.45, 2.75) is 31.2 Å². The maximum atomic E-state index is 5.99. The Morgan fingerprint density at radius 2 is 2.28 bits per heavy atom. The number of fused-ring (bicyclic) bond motifs is 3. The summed E-state index contributed by atoms with van der Waals surface area (Å²) in [6.07, 6.45) is 6.80. The van der Waals surface area contributed by atoms with Crippen LogP contribution >= 0.6 is 0 Å². The largest absolute Gasteiger partial charge is 0.345 e. The van der Waals surface area contributed by atoms with Gasteiger partial charge in [0.2, 0.25) is 0 Å². The summed E-state index contributed by atoms with van der Waals surface area (Å²) in [5, 5.41) is 8.56. The Kier molecular flexibility index (Phi) is 1.96. The number of rotatable bonds is 1. The van der Waals surface area contributed by atoms with Crippen molar-refractivity contribution in [1.29, 1.82) is 0 Å². The summed E-state index contributed by atoms with van der Waals surface area (Å²) in [5.74, 6) is 1.43. The highest BCUT2D eigenvalue weighted by Crippen LogP contribution is 2.33. The second-order valence-electron chi connectivity index (χ2n) is 4.99. The molecule has 1 aliphatic carbocycles. The molecule has 3 N–H and O–H groups in total. The molecule has 3 aromatic heterocycles. The van der Waals surface area contributed by atoms with Crippen molar-refractivity contribution in [3.8, 4) is 0 Å². The van der Waals surface area contributed by atoms with Gasteiger partial charge in [-0.2, -0.15) is 0 Å². The number of aromatic amines is 1. The van der Waals surface area contributed by atoms with Crippen molar-refractivity contribution in [2.24, 2.45) is 5.73 Å². The fourth-order valence-electron chi connectivity index (χ4n) is 2.91. The highest BCUT2D eigenvalue weighted by atomic mass is 15.3. The van der Waals surface area contributed by atoms with E-state index in [4.69, 9.17) is 5.73 Å². The van der Waals surface area contributed by atoms with Gasteiger partial charge in [-0.1, -0.05) is 0 Å². The topological polar surface area (TPSA) is 84.9 Å². The molecule has 1 fully saturated rings. The lowest BCUT2D eigenvalue weighted by molar-refractivity contribution is 0.639. The molecule has 1 saturated carbocycles. The Morgan fingerprint density at radius 3 is 3.11 bits per heavy atom. The molecule has 0 aliphatic heterocycles. The second kappa shape index (κ2) is 3.52. The first-order valence-corrected chi connectivity index (χ1v) is 6.25. The third kappa shape index (κ3) is 1.29. The molecule has 1 aliphatic rings. The molecule has 92 valence electrons. The summed E-state index contributed by atoms with van der Waals surface area (Å²) in [6.45, 7) is 0. The molecule has 0 radical (unpaired) electrons. The summed E-state index contributed by atoms with van der Waals surface area (Å²) in [5.41, 5.74) is 8.70. The van der Waals surface area contributed by atoms with Crippen molar-refractivity contribution in [1.82, 2.24) is 24.6 Å². The number of hydrogen-bond donors (Lipinski definition) is 2. The van der Waals surface area contributed by atoms with Crippen molar-refractivity contribution >= 4 is 16.8 Å². The fourth-order valence-corrected chi connectivity index (χ4v) is 2.91. The van der Waals surface area contributed by atoms with Crippen LogP contribution in [0.1, 0.15) is 31.0 Å². The van der Waals surface area contributed by atoms with Crippen LogP contribution in [0, 0.1) is 0 Å². The van der Waals surface area contributed by atoms with Crippen molar-refractivity contribution in [3.05, 3.63) is 24.3 Å². The van der Waals surface area contributed by atoms with E-state index in [0.717, 1.165) is 41.9 Å². The van der Waals surface area contributed by atoms with Crippen LogP contribution in [0.4, 0.5) is 0 Å². The number of nitrogens with one attached hydrogen (secondary N) is 1. The average molecular weight is 242 g/mol. The fraction of sp³-hybridized carbons (Fsp3) is 0.417. The van der Waals surface area contributed by atoms with E-state index >= 15 is 0 Å². The van der Waals surface area contributed by atoms with Crippen LogP contribution in [-0.2, 0) is 0 Å². The first-order chi connectivity index (χ1) is 8.83. The van der Waals surface area contributed by atoms with Gasteiger partial charge in [0.05, 0.1) is 11.7 Å². The van der Waals surface area contributed by atoms with Crippen LogP contribution in [0.25, 0.3) is 16.8 Å². The zero-order valence-corrected chi connectivity index (χ0v) is 9.87. The molecule has 6 heteroatoms. The summed E-state index contributed by atoms with van der Waals surface area (Å²) < 4.78 is 2.10. The Labute approximate surface area is 103 Å². The smallest absolute Gasteiger partial charge is 0.179 e. The van der Waals surface area contributed by atoms with E-state index in [1.165, 1.54) is 0 Å². The van der Waals surface area contributed by atoms with E-state index in [2.05, 4.69) is 24.6 Å². The van der Waals surface area contributed by atoms with Gasteiger partial charge in [-0.05, 0) is 25.3 Å². The van der Waals surface area contributed by atoms with E-state index in [0.29, 0.717) is 12.0 Å². The van der Waals surface area contributed by atoms with Crippen LogP contribution < -0.4 is 5.73 Å². The van der Waals surface area contributed by atoms with Gasteiger partial charge in [0.25, 0.3) is 0 Å². The van der Waals surface area contributed by atoms with Gasteiger partial charge in [0, 0.05) is 18.2 Å². The number of nitrogens with two attached hydrogens (primary N) is 1. The highest BCUT2D eigenvalue weighted by Gasteiger charge is 2.27. The number of aromatic nitrogens is 5. The van der Waals surface area contributed by atoms with Crippen molar-refractivity contribution < 1.29 is 0 Å². The van der Waals surface area contributed by atoms with E-state index in [1.807, 2.05) is 12.3 Å². The van der Waals surface area contributed by atoms with Crippen molar-refractivity contribution in [2.75, 3.05) is 0 Å². The summed E-state index contributed by atoms with van der Waals surface area (Å²) in [7, 11) is 0. The van der Waals surface area contributed by atoms with Crippen LogP contribution in [0.2, 0.25) is 0 Å². The summed E-state index contributed by atoms with van der Waals surface area (Å²) in [4.78, 5) is 7.44. The first kappa shape index (κ1) is 10.0. The monoisotopic (exact) mass is 242 g/mol. The zero-order chi connectivity index (χ0) is 12.1. The van der Waals surface area contributed by atoms with Crippen molar-refractivity contribution in [3.63, 3.8) is 0 Å². The lowest BCUT2D eigenvalue weighted by atomic mass is 10.1. The third-order valence-corrected chi connectivity index (χ3v) is 3.81. The first-order valence-electron chi connectivity index (χ1n) is 6.25. The van der Waals surface area contributed by atoms with Crippen LogP contribution in [-0.4, -0.2) is 30.6 Å². The number of hydrogen-bond acceptors (Lipinski definition) is 4. The molecule has 6 nitrogen and oxygen atoms in total. The molecule has 0 amide bonds. The molecule has 3 aromatic rings. The van der Waals surface area contributed by atoms with Gasteiger partial charge in [0.1, 0.15) is 5.82 Å². The molecular weight excluding hydrogens is 228 g/mol. The van der Waals surface area contributed by atoms with E-state index < -0.39 is 0 Å². The van der Waals surface area contributed by atoms with Gasteiger partial charge in [-0.15, -0.1) is 10.2 Å². The molecule has 18 heavy (non-hydrogen) atoms. The Balaban J connectivity index is 1.97. The van der Waals surface area contributed by atoms with E-state index in [-0.39, 0.29) is 0 Å². The summed E-state index contributed by atoms with van der Waals surface area (Å²) >= 11 is 0. The van der Waals surface area contributed by atoms with E-state index in [9.17, 15) is 0 Å². The Morgan fingerprint density at radius 1 is 1.33 bits per heavy atom. The number of nitrogens with zero attached hydrogens (tertiary/aromatic N) is 4. The zero-order valence-electron chi connectivity index (χ0n) is 9.87. The van der Waals surface area contributed by atoms with Crippen LogP contribution in [0.15, 0.2) is 18.5 Å². The average Bonchev–Trinajstić information content (AvgIpc) is 3.03. The highest BCUT2D eigenvalue weighted by molar-refractivity contribution is 5.74. The third-order valence-electron chi connectivity index (χ3n) is 3.81. The lowest BCUT2D eigenvalue weighted by Crippen LogP contribution is -2.15. The van der Waals surface area contributed by atoms with Gasteiger partial charge in [-0.3, -0.25) is 4.40 Å². The predicted octanol–water partition coefficient (Wildman–Crippen LogP) is 1.20. The normalized spacial score (nSPS) is 24.3. The molecule has 0 spiro atoms. The Bertz CT molecular complexity index is 712. The molecule has 3 heterocycles. The standard InChI is InChI=1S/C12H14N6/c13-8-2-1-7(5-8)12-17-16-10-6-15-11-9(18(10)12)3-4-14-11/h3-4,6-8,14H,1-2,5,13H2/t7-,8+/m0/s1.